The van der Waals surface area contributed by atoms with E-state index in [0.717, 1.165) is 18.8 Å². The zero-order valence-electron chi connectivity index (χ0n) is 12.8. The monoisotopic (exact) mass is 345 g/mol. The van der Waals surface area contributed by atoms with Gasteiger partial charge in [-0.3, -0.25) is 4.79 Å². The van der Waals surface area contributed by atoms with Crippen molar-refractivity contribution in [2.75, 3.05) is 31.1 Å². The molecular formula is C14H18F3N5O2. The minimum Gasteiger partial charge on any atom is -0.354 e. The molecule has 1 fully saturated rings. The van der Waals surface area contributed by atoms with Crippen LogP contribution in [0.25, 0.3) is 0 Å². The van der Waals surface area contributed by atoms with Crippen LogP contribution in [-0.2, 0) is 4.79 Å². The summed E-state index contributed by atoms with van der Waals surface area (Å²) < 4.78 is 35.9. The van der Waals surface area contributed by atoms with Gasteiger partial charge in [0, 0.05) is 38.4 Å². The Morgan fingerprint density at radius 2 is 2.00 bits per heavy atom. The fraction of sp³-hybridized carbons (Fsp3) is 0.500. The van der Waals surface area contributed by atoms with Crippen molar-refractivity contribution in [3.63, 3.8) is 0 Å². The highest BCUT2D eigenvalue weighted by Gasteiger charge is 2.38. The second kappa shape index (κ2) is 7.84. The summed E-state index contributed by atoms with van der Waals surface area (Å²) in [6, 6.07) is 5.03. The zero-order valence-corrected chi connectivity index (χ0v) is 12.8. The topological polar surface area (TPSA) is 86.4 Å². The number of nitrogens with one attached hydrogen (secondary N) is 3. The molecule has 2 rings (SSSR count). The molecule has 0 spiro atoms. The van der Waals surface area contributed by atoms with E-state index in [0.29, 0.717) is 6.54 Å². The van der Waals surface area contributed by atoms with Gasteiger partial charge in [0.05, 0.1) is 0 Å². The van der Waals surface area contributed by atoms with Crippen molar-refractivity contribution < 1.29 is 22.8 Å². The maximum absolute atomic E-state index is 12.0. The number of carbonyl (C=O) groups excluding carboxylic acids is 2. The van der Waals surface area contributed by atoms with E-state index in [1.54, 1.807) is 11.5 Å². The first-order valence-corrected chi connectivity index (χ1v) is 7.41. The Morgan fingerprint density at radius 3 is 2.67 bits per heavy atom. The quantitative estimate of drug-likeness (QED) is 0.684. The number of alkyl halides is 3. The maximum Gasteiger partial charge on any atom is 0.471 e. The van der Waals surface area contributed by atoms with Gasteiger partial charge >= 0.3 is 18.1 Å². The average Bonchev–Trinajstić information content (AvgIpc) is 2.99. The van der Waals surface area contributed by atoms with Gasteiger partial charge in [-0.15, -0.1) is 0 Å². The molecule has 1 aromatic rings. The molecule has 1 saturated heterocycles. The minimum atomic E-state index is -4.92. The molecule has 3 N–H and O–H groups in total. The van der Waals surface area contributed by atoms with Gasteiger partial charge < -0.3 is 20.9 Å². The molecule has 10 heteroatoms. The van der Waals surface area contributed by atoms with E-state index in [9.17, 15) is 22.8 Å². The van der Waals surface area contributed by atoms with Crippen LogP contribution in [0.2, 0.25) is 0 Å². The van der Waals surface area contributed by atoms with E-state index in [-0.39, 0.29) is 19.1 Å². The lowest BCUT2D eigenvalue weighted by Gasteiger charge is -2.18. The van der Waals surface area contributed by atoms with Crippen LogP contribution in [0, 0.1) is 0 Å². The molecule has 0 aromatic carbocycles. The van der Waals surface area contributed by atoms with E-state index >= 15 is 0 Å². The first-order chi connectivity index (χ1) is 11.4. The average molecular weight is 345 g/mol. The summed E-state index contributed by atoms with van der Waals surface area (Å²) in [5.41, 5.74) is 0. The number of amides is 3. The van der Waals surface area contributed by atoms with Gasteiger partial charge in [-0.1, -0.05) is 6.07 Å². The predicted molar refractivity (Wildman–Crippen MR) is 80.5 cm³/mol. The van der Waals surface area contributed by atoms with Crippen LogP contribution in [0.3, 0.4) is 0 Å². The number of hydrogen-bond acceptors (Lipinski definition) is 4. The van der Waals surface area contributed by atoms with Crippen molar-refractivity contribution >= 4 is 17.8 Å². The normalized spacial score (nSPS) is 17.5. The highest BCUT2D eigenvalue weighted by molar-refractivity contribution is 5.81. The highest BCUT2D eigenvalue weighted by atomic mass is 19.4. The number of nitrogens with zero attached hydrogens (tertiary/aromatic N) is 2. The molecule has 24 heavy (non-hydrogen) atoms. The number of pyridine rings is 1. The molecule has 1 aliphatic rings. The first kappa shape index (κ1) is 17.8. The predicted octanol–water partition coefficient (Wildman–Crippen LogP) is 0.638. The third-order valence-electron chi connectivity index (χ3n) is 3.45. The number of halogens is 3. The molecule has 0 radical (unpaired) electrons. The largest absolute Gasteiger partial charge is 0.471 e. The standard InChI is InChI=1S/C14H18F3N5O2/c15-14(16,17)12(23)19-6-7-20-13(24)21-10-4-8-22(9-10)11-3-1-2-5-18-11/h1-3,5,10H,4,6-9H2,(H,19,23)(H2,20,21,24). The SMILES string of the molecule is O=C(NCCNC(=O)C(F)(F)F)NC1CCN(c2ccccn2)C1. The summed E-state index contributed by atoms with van der Waals surface area (Å²) >= 11 is 0. The van der Waals surface area contributed by atoms with Gasteiger partial charge in [0.25, 0.3) is 0 Å². The van der Waals surface area contributed by atoms with Crippen LogP contribution in [0.1, 0.15) is 6.42 Å². The molecule has 7 nitrogen and oxygen atoms in total. The fourth-order valence-electron chi connectivity index (χ4n) is 2.32. The number of anilines is 1. The smallest absolute Gasteiger partial charge is 0.354 e. The van der Waals surface area contributed by atoms with Gasteiger partial charge in [0.1, 0.15) is 5.82 Å². The molecule has 1 aliphatic heterocycles. The molecular weight excluding hydrogens is 327 g/mol. The lowest BCUT2D eigenvalue weighted by molar-refractivity contribution is -0.173. The van der Waals surface area contributed by atoms with Crippen molar-refractivity contribution in [2.45, 2.75) is 18.6 Å². The Balaban J connectivity index is 1.64. The number of rotatable bonds is 5. The molecule has 0 saturated carbocycles. The second-order valence-electron chi connectivity index (χ2n) is 5.27. The van der Waals surface area contributed by atoms with E-state index < -0.39 is 18.1 Å². The summed E-state index contributed by atoms with van der Waals surface area (Å²) in [5, 5.41) is 6.82. The van der Waals surface area contributed by atoms with Crippen LogP contribution in [0.15, 0.2) is 24.4 Å². The molecule has 0 bridgehead atoms. The minimum absolute atomic E-state index is 0.0724. The van der Waals surface area contributed by atoms with Gasteiger partial charge in [0.2, 0.25) is 0 Å². The summed E-state index contributed by atoms with van der Waals surface area (Å²) in [6.07, 6.45) is -2.48. The van der Waals surface area contributed by atoms with Crippen molar-refractivity contribution in [1.29, 1.82) is 0 Å². The second-order valence-corrected chi connectivity index (χ2v) is 5.27. The molecule has 1 atom stereocenters. The summed E-state index contributed by atoms with van der Waals surface area (Å²) in [6.45, 7) is 0.972. The molecule has 132 valence electrons. The lowest BCUT2D eigenvalue weighted by Crippen LogP contribution is -2.46. The number of aromatic nitrogens is 1. The fourth-order valence-corrected chi connectivity index (χ4v) is 2.32. The van der Waals surface area contributed by atoms with Crippen molar-refractivity contribution in [3.8, 4) is 0 Å². The van der Waals surface area contributed by atoms with Crippen molar-refractivity contribution in [1.82, 2.24) is 20.9 Å². The Labute approximate surface area is 136 Å². The summed E-state index contributed by atoms with van der Waals surface area (Å²) in [5.74, 6) is -1.19. The zero-order chi connectivity index (χ0) is 17.6. The van der Waals surface area contributed by atoms with Gasteiger partial charge in [-0.25, -0.2) is 9.78 Å². The highest BCUT2D eigenvalue weighted by Crippen LogP contribution is 2.17. The van der Waals surface area contributed by atoms with E-state index in [1.807, 2.05) is 23.1 Å². The van der Waals surface area contributed by atoms with Crippen molar-refractivity contribution in [3.05, 3.63) is 24.4 Å². The summed E-state index contributed by atoms with van der Waals surface area (Å²) in [7, 11) is 0. The Hall–Kier alpha value is -2.52. The van der Waals surface area contributed by atoms with Crippen molar-refractivity contribution in [2.24, 2.45) is 0 Å². The molecule has 3 amide bonds. The summed E-state index contributed by atoms with van der Waals surface area (Å²) in [4.78, 5) is 28.5. The van der Waals surface area contributed by atoms with Crippen LogP contribution < -0.4 is 20.9 Å². The number of urea groups is 1. The van der Waals surface area contributed by atoms with E-state index in [2.05, 4.69) is 15.6 Å². The Morgan fingerprint density at radius 1 is 1.25 bits per heavy atom. The lowest BCUT2D eigenvalue weighted by atomic mass is 10.3. The maximum atomic E-state index is 12.0. The Bertz CT molecular complexity index is 567. The first-order valence-electron chi connectivity index (χ1n) is 7.41. The third kappa shape index (κ3) is 5.28. The van der Waals surface area contributed by atoms with Gasteiger partial charge in [-0.05, 0) is 18.6 Å². The number of carbonyl (C=O) groups is 2. The molecule has 0 aliphatic carbocycles. The third-order valence-corrected chi connectivity index (χ3v) is 3.45. The van der Waals surface area contributed by atoms with Crippen LogP contribution in [0.5, 0.6) is 0 Å². The van der Waals surface area contributed by atoms with Gasteiger partial charge in [0.15, 0.2) is 0 Å². The van der Waals surface area contributed by atoms with Crippen LogP contribution in [-0.4, -0.2) is 55.3 Å². The number of hydrogen-bond donors (Lipinski definition) is 3. The molecule has 2 heterocycles. The van der Waals surface area contributed by atoms with E-state index in [1.165, 1.54) is 0 Å². The van der Waals surface area contributed by atoms with Gasteiger partial charge in [-0.2, -0.15) is 13.2 Å². The molecule has 1 unspecified atom stereocenters. The van der Waals surface area contributed by atoms with E-state index in [4.69, 9.17) is 0 Å². The van der Waals surface area contributed by atoms with Crippen LogP contribution >= 0.6 is 0 Å². The Kier molecular flexibility index (Phi) is 5.83. The van der Waals surface area contributed by atoms with Crippen LogP contribution in [0.4, 0.5) is 23.8 Å². The molecule has 1 aromatic heterocycles.